The van der Waals surface area contributed by atoms with E-state index in [0.717, 1.165) is 31.4 Å². The second-order valence-corrected chi connectivity index (χ2v) is 10.6. The Morgan fingerprint density at radius 1 is 1.00 bits per heavy atom. The van der Waals surface area contributed by atoms with Gasteiger partial charge in [-0.1, -0.05) is 38.0 Å². The number of aromatic nitrogens is 1. The van der Waals surface area contributed by atoms with Crippen molar-refractivity contribution in [3.63, 3.8) is 0 Å². The van der Waals surface area contributed by atoms with Gasteiger partial charge >= 0.3 is 0 Å². The van der Waals surface area contributed by atoms with Gasteiger partial charge in [0, 0.05) is 37.4 Å². The van der Waals surface area contributed by atoms with Crippen molar-refractivity contribution in [2.75, 3.05) is 13.1 Å². The molecule has 2 aliphatic rings. The summed E-state index contributed by atoms with van der Waals surface area (Å²) in [7, 11) is -3.40. The van der Waals surface area contributed by atoms with E-state index in [9.17, 15) is 8.42 Å². The van der Waals surface area contributed by atoms with Gasteiger partial charge in [-0.25, -0.2) is 8.42 Å². The Morgan fingerprint density at radius 2 is 1.69 bits per heavy atom. The summed E-state index contributed by atoms with van der Waals surface area (Å²) >= 11 is 0. The monoisotopic (exact) mass is 414 g/mol. The lowest BCUT2D eigenvalue weighted by Gasteiger charge is -2.18. The number of nitrogens with zero attached hydrogens (tertiary/aromatic N) is 2. The van der Waals surface area contributed by atoms with Gasteiger partial charge in [-0.2, -0.15) is 4.31 Å². The zero-order valence-electron chi connectivity index (χ0n) is 17.9. The molecule has 1 aliphatic carbocycles. The molecule has 29 heavy (non-hydrogen) atoms. The average molecular weight is 415 g/mol. The molecule has 5 heteroatoms. The Bertz CT molecular complexity index is 949. The zero-order chi connectivity index (χ0) is 20.4. The SMILES string of the molecule is CCCn1c(C2CCCC2)cc(Cc2ccccc2S(=O)(=O)N2CCCC2)c1C. The third-order valence-electron chi connectivity index (χ3n) is 6.76. The highest BCUT2D eigenvalue weighted by Gasteiger charge is 2.29. The molecule has 2 fully saturated rings. The third-order valence-corrected chi connectivity index (χ3v) is 8.76. The number of hydrogen-bond acceptors (Lipinski definition) is 2. The minimum Gasteiger partial charge on any atom is -0.348 e. The first-order valence-electron chi connectivity index (χ1n) is 11.3. The molecule has 0 amide bonds. The summed E-state index contributed by atoms with van der Waals surface area (Å²) in [5.41, 5.74) is 4.98. The summed E-state index contributed by atoms with van der Waals surface area (Å²) in [6.45, 7) is 6.78. The molecule has 2 aromatic rings. The van der Waals surface area contributed by atoms with Gasteiger partial charge in [0.2, 0.25) is 10.0 Å². The molecule has 1 aromatic carbocycles. The lowest BCUT2D eigenvalue weighted by atomic mass is 10.0. The lowest BCUT2D eigenvalue weighted by Crippen LogP contribution is -2.28. The minimum atomic E-state index is -3.40. The molecule has 0 N–H and O–H groups in total. The molecule has 1 aromatic heterocycles. The molecular formula is C24H34N2O2S. The van der Waals surface area contributed by atoms with Crippen LogP contribution < -0.4 is 0 Å². The van der Waals surface area contributed by atoms with Gasteiger partial charge in [-0.15, -0.1) is 0 Å². The van der Waals surface area contributed by atoms with E-state index in [1.165, 1.54) is 42.6 Å². The standard InChI is InChI=1S/C24H34N2O2S/c1-3-14-26-19(2)22(18-23(26)20-10-4-5-11-20)17-21-12-6-7-13-24(21)29(27,28)25-15-8-9-16-25/h6-7,12-13,18,20H,3-5,8-11,14-17H2,1-2H3. The first-order chi connectivity index (χ1) is 14.0. The van der Waals surface area contributed by atoms with Crippen molar-refractivity contribution in [1.29, 1.82) is 0 Å². The lowest BCUT2D eigenvalue weighted by molar-refractivity contribution is 0.477. The fourth-order valence-electron chi connectivity index (χ4n) is 5.16. The molecule has 1 aliphatic heterocycles. The second kappa shape index (κ2) is 8.65. The highest BCUT2D eigenvalue weighted by Crippen LogP contribution is 2.37. The average Bonchev–Trinajstić information content (AvgIpc) is 3.47. The van der Waals surface area contributed by atoms with E-state index in [-0.39, 0.29) is 0 Å². The largest absolute Gasteiger partial charge is 0.348 e. The molecule has 0 atom stereocenters. The first-order valence-corrected chi connectivity index (χ1v) is 12.7. The van der Waals surface area contributed by atoms with Crippen molar-refractivity contribution < 1.29 is 8.42 Å². The molecule has 158 valence electrons. The predicted octanol–water partition coefficient (Wildman–Crippen LogP) is 5.24. The fourth-order valence-corrected chi connectivity index (χ4v) is 6.90. The van der Waals surface area contributed by atoms with Crippen LogP contribution in [0.15, 0.2) is 35.2 Å². The van der Waals surface area contributed by atoms with Crippen LogP contribution in [0.2, 0.25) is 0 Å². The van der Waals surface area contributed by atoms with Crippen molar-refractivity contribution in [2.45, 2.75) is 82.6 Å². The summed E-state index contributed by atoms with van der Waals surface area (Å²) in [6, 6.07) is 9.98. The molecule has 0 radical (unpaired) electrons. The number of rotatable bonds is 7. The summed E-state index contributed by atoms with van der Waals surface area (Å²) in [6.07, 6.45) is 8.95. The Morgan fingerprint density at radius 3 is 2.38 bits per heavy atom. The zero-order valence-corrected chi connectivity index (χ0v) is 18.7. The van der Waals surface area contributed by atoms with Gasteiger partial charge in [0.25, 0.3) is 0 Å². The Kier molecular flexibility index (Phi) is 6.16. The second-order valence-electron chi connectivity index (χ2n) is 8.71. The van der Waals surface area contributed by atoms with Crippen LogP contribution in [-0.2, 0) is 23.0 Å². The fraction of sp³-hybridized carbons (Fsp3) is 0.583. The number of sulfonamides is 1. The van der Waals surface area contributed by atoms with E-state index in [1.807, 2.05) is 18.2 Å². The predicted molar refractivity (Wildman–Crippen MR) is 118 cm³/mol. The van der Waals surface area contributed by atoms with Crippen LogP contribution in [0.5, 0.6) is 0 Å². The summed E-state index contributed by atoms with van der Waals surface area (Å²) < 4.78 is 30.6. The highest BCUT2D eigenvalue weighted by atomic mass is 32.2. The topological polar surface area (TPSA) is 42.3 Å². The molecule has 1 saturated carbocycles. The van der Waals surface area contributed by atoms with E-state index in [4.69, 9.17) is 0 Å². The molecule has 0 spiro atoms. The number of benzene rings is 1. The summed E-state index contributed by atoms with van der Waals surface area (Å²) in [5, 5.41) is 0. The number of hydrogen-bond donors (Lipinski definition) is 0. The Hall–Kier alpha value is -1.59. The van der Waals surface area contributed by atoms with Gasteiger partial charge in [0.15, 0.2) is 0 Å². The molecule has 1 saturated heterocycles. The van der Waals surface area contributed by atoms with E-state index >= 15 is 0 Å². The van der Waals surface area contributed by atoms with Gasteiger partial charge in [-0.05, 0) is 68.2 Å². The van der Waals surface area contributed by atoms with Crippen LogP contribution in [-0.4, -0.2) is 30.4 Å². The quantitative estimate of drug-likeness (QED) is 0.622. The van der Waals surface area contributed by atoms with Crippen LogP contribution in [0.25, 0.3) is 0 Å². The molecule has 2 heterocycles. The maximum atomic E-state index is 13.2. The van der Waals surface area contributed by atoms with Gasteiger partial charge in [0.05, 0.1) is 4.90 Å². The molecule has 4 rings (SSSR count). The van der Waals surface area contributed by atoms with E-state index in [1.54, 1.807) is 10.4 Å². The molecule has 0 unspecified atom stereocenters. The van der Waals surface area contributed by atoms with Crippen LogP contribution in [0.4, 0.5) is 0 Å². The maximum absolute atomic E-state index is 13.2. The highest BCUT2D eigenvalue weighted by molar-refractivity contribution is 7.89. The van der Waals surface area contributed by atoms with Gasteiger partial charge in [-0.3, -0.25) is 0 Å². The first kappa shape index (κ1) is 20.7. The van der Waals surface area contributed by atoms with E-state index in [2.05, 4.69) is 24.5 Å². The normalized spacial score (nSPS) is 18.7. The molecular weight excluding hydrogens is 380 g/mol. The van der Waals surface area contributed by atoms with Crippen molar-refractivity contribution in [3.05, 3.63) is 52.8 Å². The van der Waals surface area contributed by atoms with Crippen molar-refractivity contribution in [2.24, 2.45) is 0 Å². The Labute approximate surface area is 176 Å². The van der Waals surface area contributed by atoms with Crippen LogP contribution in [0, 0.1) is 6.92 Å². The summed E-state index contributed by atoms with van der Waals surface area (Å²) in [4.78, 5) is 0.493. The van der Waals surface area contributed by atoms with E-state index < -0.39 is 10.0 Å². The summed E-state index contributed by atoms with van der Waals surface area (Å²) in [5.74, 6) is 0.664. The van der Waals surface area contributed by atoms with Crippen LogP contribution in [0.3, 0.4) is 0 Å². The minimum absolute atomic E-state index is 0.493. The van der Waals surface area contributed by atoms with Gasteiger partial charge < -0.3 is 4.57 Å². The Balaban J connectivity index is 1.69. The van der Waals surface area contributed by atoms with Crippen molar-refractivity contribution >= 4 is 10.0 Å². The molecule has 0 bridgehead atoms. The van der Waals surface area contributed by atoms with Crippen molar-refractivity contribution in [3.8, 4) is 0 Å². The van der Waals surface area contributed by atoms with Crippen molar-refractivity contribution in [1.82, 2.24) is 8.87 Å². The maximum Gasteiger partial charge on any atom is 0.243 e. The smallest absolute Gasteiger partial charge is 0.243 e. The molecule has 4 nitrogen and oxygen atoms in total. The van der Waals surface area contributed by atoms with Crippen LogP contribution >= 0.6 is 0 Å². The van der Waals surface area contributed by atoms with E-state index in [0.29, 0.717) is 30.3 Å². The third kappa shape index (κ3) is 4.04. The van der Waals surface area contributed by atoms with Crippen LogP contribution in [0.1, 0.15) is 80.3 Å². The van der Waals surface area contributed by atoms with Gasteiger partial charge in [0.1, 0.15) is 0 Å².